The molecule has 20 heavy (non-hydrogen) atoms. The molecule has 0 aromatic heterocycles. The summed E-state index contributed by atoms with van der Waals surface area (Å²) >= 11 is 0. The summed E-state index contributed by atoms with van der Waals surface area (Å²) in [6, 6.07) is -0.904. The van der Waals surface area contributed by atoms with E-state index in [1.807, 2.05) is 20.8 Å². The van der Waals surface area contributed by atoms with E-state index in [1.165, 1.54) is 7.11 Å². The molecule has 4 amide bonds. The average Bonchev–Trinajstić information content (AvgIpc) is 3.03. The number of amidine groups is 1. The molecule has 1 aliphatic rings. The van der Waals surface area contributed by atoms with Gasteiger partial charge in [0, 0.05) is 11.6 Å². The molecular weight excluding hydrogens is 260 g/mol. The number of nitrogens with one attached hydrogen (secondary N) is 3. The summed E-state index contributed by atoms with van der Waals surface area (Å²) < 4.78 is 4.88. The number of carbonyl (C=O) groups excluding carboxylic acids is 2. The van der Waals surface area contributed by atoms with Crippen LogP contribution in [0.1, 0.15) is 40.5 Å². The number of urea groups is 2. The van der Waals surface area contributed by atoms with Crippen LogP contribution in [0.15, 0.2) is 4.99 Å². The fourth-order valence-electron chi connectivity index (χ4n) is 1.75. The van der Waals surface area contributed by atoms with Gasteiger partial charge in [0.1, 0.15) is 0 Å². The van der Waals surface area contributed by atoms with Crippen molar-refractivity contribution in [2.45, 2.75) is 52.1 Å². The number of rotatable bonds is 2. The van der Waals surface area contributed by atoms with E-state index in [0.717, 1.165) is 12.8 Å². The number of hydrogen-bond acceptors (Lipinski definition) is 3. The molecule has 7 nitrogen and oxygen atoms in total. The Morgan fingerprint density at radius 3 is 2.45 bits per heavy atom. The van der Waals surface area contributed by atoms with E-state index < -0.39 is 12.1 Å². The molecule has 1 rings (SSSR count). The molecule has 0 aromatic rings. The van der Waals surface area contributed by atoms with Crippen molar-refractivity contribution in [1.29, 1.82) is 0 Å². The first-order valence-electron chi connectivity index (χ1n) is 6.77. The van der Waals surface area contributed by atoms with Crippen LogP contribution < -0.4 is 16.0 Å². The fourth-order valence-corrected chi connectivity index (χ4v) is 1.75. The predicted octanol–water partition coefficient (Wildman–Crippen LogP) is 1.59. The van der Waals surface area contributed by atoms with E-state index in [1.54, 1.807) is 0 Å². The minimum absolute atomic E-state index is 0.127. The smallest absolute Gasteiger partial charge is 0.345 e. The van der Waals surface area contributed by atoms with Gasteiger partial charge in [0.05, 0.1) is 7.11 Å². The van der Waals surface area contributed by atoms with Crippen LogP contribution in [0.2, 0.25) is 0 Å². The summed E-state index contributed by atoms with van der Waals surface area (Å²) in [7, 11) is 1.34. The van der Waals surface area contributed by atoms with E-state index in [-0.39, 0.29) is 17.6 Å². The molecule has 0 aliphatic heterocycles. The van der Waals surface area contributed by atoms with Gasteiger partial charge in [0.25, 0.3) is 0 Å². The standard InChI is InChI=1S/C13H24N4O3/c1-6-8-7-9(8)14-10(18)15-12(20-5)16-11(19)17-13(2,3)4/h8-9H,6-7H2,1-5H3,(H3,14,15,16,17,18,19). The number of ether oxygens (including phenoxy) is 1. The van der Waals surface area contributed by atoms with Crippen molar-refractivity contribution < 1.29 is 14.3 Å². The molecule has 3 N–H and O–H groups in total. The van der Waals surface area contributed by atoms with Gasteiger partial charge in [-0.3, -0.25) is 5.32 Å². The van der Waals surface area contributed by atoms with Gasteiger partial charge in [-0.05, 0) is 33.1 Å². The Kier molecular flexibility index (Phi) is 5.35. The topological polar surface area (TPSA) is 91.8 Å². The number of nitrogens with zero attached hydrogens (tertiary/aromatic N) is 1. The maximum Gasteiger partial charge on any atom is 0.345 e. The lowest BCUT2D eigenvalue weighted by molar-refractivity contribution is 0.233. The average molecular weight is 284 g/mol. The quantitative estimate of drug-likeness (QED) is 0.531. The van der Waals surface area contributed by atoms with Crippen LogP contribution >= 0.6 is 0 Å². The van der Waals surface area contributed by atoms with Crippen molar-refractivity contribution in [3.63, 3.8) is 0 Å². The van der Waals surface area contributed by atoms with Gasteiger partial charge in [-0.1, -0.05) is 13.3 Å². The van der Waals surface area contributed by atoms with Crippen LogP contribution in [0.4, 0.5) is 9.59 Å². The molecule has 2 atom stereocenters. The molecule has 2 unspecified atom stereocenters. The molecule has 1 fully saturated rings. The summed E-state index contributed by atoms with van der Waals surface area (Å²) in [5.74, 6) is 0.539. The summed E-state index contributed by atoms with van der Waals surface area (Å²) in [6.45, 7) is 7.63. The molecule has 0 bridgehead atoms. The molecule has 0 saturated heterocycles. The lowest BCUT2D eigenvalue weighted by Gasteiger charge is -2.20. The molecule has 0 heterocycles. The van der Waals surface area contributed by atoms with E-state index in [9.17, 15) is 9.59 Å². The highest BCUT2D eigenvalue weighted by Gasteiger charge is 2.36. The third-order valence-electron chi connectivity index (χ3n) is 2.86. The minimum atomic E-state index is -0.501. The van der Waals surface area contributed by atoms with E-state index in [2.05, 4.69) is 27.9 Å². The fraction of sp³-hybridized carbons (Fsp3) is 0.769. The van der Waals surface area contributed by atoms with Gasteiger partial charge in [-0.2, -0.15) is 0 Å². The highest BCUT2D eigenvalue weighted by Crippen LogP contribution is 2.32. The second-order valence-corrected chi connectivity index (χ2v) is 5.91. The van der Waals surface area contributed by atoms with E-state index in [0.29, 0.717) is 5.92 Å². The van der Waals surface area contributed by atoms with Crippen LogP contribution in [-0.2, 0) is 4.74 Å². The molecule has 7 heteroatoms. The second kappa shape index (κ2) is 6.58. The third-order valence-corrected chi connectivity index (χ3v) is 2.86. The number of hydrogen-bond donors (Lipinski definition) is 3. The molecule has 0 spiro atoms. The Morgan fingerprint density at radius 2 is 2.00 bits per heavy atom. The van der Waals surface area contributed by atoms with Gasteiger partial charge in [-0.15, -0.1) is 4.99 Å². The minimum Gasteiger partial charge on any atom is -0.468 e. The maximum absolute atomic E-state index is 11.6. The Labute approximate surface area is 119 Å². The van der Waals surface area contributed by atoms with Crippen LogP contribution in [0, 0.1) is 5.92 Å². The molecular formula is C13H24N4O3. The molecule has 114 valence electrons. The third kappa shape index (κ3) is 5.90. The van der Waals surface area contributed by atoms with Crippen LogP contribution in [0.5, 0.6) is 0 Å². The first-order valence-corrected chi connectivity index (χ1v) is 6.77. The van der Waals surface area contributed by atoms with Crippen molar-refractivity contribution in [3.8, 4) is 0 Å². The van der Waals surface area contributed by atoms with E-state index >= 15 is 0 Å². The van der Waals surface area contributed by atoms with Crippen LogP contribution in [0.25, 0.3) is 0 Å². The lowest BCUT2D eigenvalue weighted by atomic mass is 10.1. The Hall–Kier alpha value is -1.79. The highest BCUT2D eigenvalue weighted by molar-refractivity contribution is 5.98. The molecule has 1 aliphatic carbocycles. The number of aliphatic imine (C=N–C) groups is 1. The first-order chi connectivity index (χ1) is 9.25. The zero-order valence-electron chi connectivity index (χ0n) is 12.7. The normalized spacial score (nSPS) is 21.9. The maximum atomic E-state index is 11.6. The van der Waals surface area contributed by atoms with Gasteiger partial charge in [-0.25, -0.2) is 9.59 Å². The second-order valence-electron chi connectivity index (χ2n) is 5.91. The number of carbonyl (C=O) groups is 2. The van der Waals surface area contributed by atoms with E-state index in [4.69, 9.17) is 4.74 Å². The molecule has 0 radical (unpaired) electrons. The van der Waals surface area contributed by atoms with Gasteiger partial charge in [0.2, 0.25) is 0 Å². The van der Waals surface area contributed by atoms with Crippen molar-refractivity contribution in [2.75, 3.05) is 7.11 Å². The van der Waals surface area contributed by atoms with Gasteiger partial charge >= 0.3 is 18.1 Å². The van der Waals surface area contributed by atoms with Crippen molar-refractivity contribution >= 4 is 18.1 Å². The lowest BCUT2D eigenvalue weighted by Crippen LogP contribution is -2.48. The zero-order chi connectivity index (χ0) is 15.3. The van der Waals surface area contributed by atoms with Gasteiger partial charge in [0.15, 0.2) is 0 Å². The first kappa shape index (κ1) is 16.3. The Balaban J connectivity index is 2.46. The van der Waals surface area contributed by atoms with Crippen LogP contribution in [0.3, 0.4) is 0 Å². The SMILES string of the molecule is CCC1CC1NC(=O)N=C(NC(=O)NC(C)(C)C)OC. The Bertz CT molecular complexity index is 401. The van der Waals surface area contributed by atoms with Crippen molar-refractivity contribution in [3.05, 3.63) is 0 Å². The Morgan fingerprint density at radius 1 is 1.35 bits per heavy atom. The molecule has 1 saturated carbocycles. The highest BCUT2D eigenvalue weighted by atomic mass is 16.5. The number of amides is 4. The zero-order valence-corrected chi connectivity index (χ0v) is 12.7. The van der Waals surface area contributed by atoms with Crippen molar-refractivity contribution in [2.24, 2.45) is 10.9 Å². The summed E-state index contributed by atoms with van der Waals surface area (Å²) in [5.41, 5.74) is -0.381. The number of methoxy groups -OCH3 is 1. The van der Waals surface area contributed by atoms with Crippen LogP contribution in [-0.4, -0.2) is 36.8 Å². The predicted molar refractivity (Wildman–Crippen MR) is 76.6 cm³/mol. The van der Waals surface area contributed by atoms with Gasteiger partial charge < -0.3 is 15.4 Å². The van der Waals surface area contributed by atoms with Crippen molar-refractivity contribution in [1.82, 2.24) is 16.0 Å². The summed E-state index contributed by atoms with van der Waals surface area (Å²) in [5, 5.41) is 7.84. The largest absolute Gasteiger partial charge is 0.468 e. The monoisotopic (exact) mass is 284 g/mol. The summed E-state index contributed by atoms with van der Waals surface area (Å²) in [4.78, 5) is 27.0. The summed E-state index contributed by atoms with van der Waals surface area (Å²) in [6.07, 6.45) is 2.02. The molecule has 0 aromatic carbocycles.